The highest BCUT2D eigenvalue weighted by Gasteiger charge is 2.21. The molecular formula is C16H20N4O. The molecule has 3 rings (SSSR count). The maximum atomic E-state index is 12.4. The van der Waals surface area contributed by atoms with Crippen LogP contribution in [0.4, 0.5) is 16.2 Å². The van der Waals surface area contributed by atoms with Crippen molar-refractivity contribution in [3.05, 3.63) is 30.5 Å². The van der Waals surface area contributed by atoms with Crippen molar-refractivity contribution in [3.8, 4) is 0 Å². The molecule has 1 aliphatic heterocycles. The summed E-state index contributed by atoms with van der Waals surface area (Å²) >= 11 is 0. The van der Waals surface area contributed by atoms with Crippen LogP contribution in [0, 0.1) is 5.92 Å². The molecule has 3 N–H and O–H groups in total. The van der Waals surface area contributed by atoms with Crippen molar-refractivity contribution in [2.45, 2.75) is 19.8 Å². The minimum absolute atomic E-state index is 0.0449. The first kappa shape index (κ1) is 13.7. The van der Waals surface area contributed by atoms with Gasteiger partial charge in [-0.25, -0.2) is 4.79 Å². The van der Waals surface area contributed by atoms with Gasteiger partial charge in [0, 0.05) is 24.7 Å². The third-order valence-electron chi connectivity index (χ3n) is 3.99. The molecule has 0 bridgehead atoms. The monoisotopic (exact) mass is 284 g/mol. The number of nitrogen functional groups attached to an aromatic ring is 1. The van der Waals surface area contributed by atoms with Crippen molar-refractivity contribution in [2.75, 3.05) is 24.1 Å². The molecule has 1 unspecified atom stereocenters. The second kappa shape index (κ2) is 5.60. The van der Waals surface area contributed by atoms with Gasteiger partial charge < -0.3 is 16.0 Å². The van der Waals surface area contributed by atoms with Gasteiger partial charge >= 0.3 is 6.03 Å². The zero-order valence-corrected chi connectivity index (χ0v) is 12.2. The number of piperidine rings is 1. The molecule has 1 saturated heterocycles. The van der Waals surface area contributed by atoms with E-state index in [-0.39, 0.29) is 6.03 Å². The first-order valence-electron chi connectivity index (χ1n) is 7.34. The van der Waals surface area contributed by atoms with Crippen LogP contribution in [-0.2, 0) is 0 Å². The summed E-state index contributed by atoms with van der Waals surface area (Å²) in [5.74, 6) is 0.564. The fraction of sp³-hybridized carbons (Fsp3) is 0.375. The van der Waals surface area contributed by atoms with Gasteiger partial charge in [-0.2, -0.15) is 0 Å². The van der Waals surface area contributed by atoms with Crippen LogP contribution in [0.3, 0.4) is 0 Å². The Morgan fingerprint density at radius 2 is 2.29 bits per heavy atom. The predicted molar refractivity (Wildman–Crippen MR) is 85.1 cm³/mol. The van der Waals surface area contributed by atoms with E-state index in [2.05, 4.69) is 17.2 Å². The maximum Gasteiger partial charge on any atom is 0.321 e. The molecule has 0 radical (unpaired) electrons. The van der Waals surface area contributed by atoms with Crippen molar-refractivity contribution in [2.24, 2.45) is 5.92 Å². The van der Waals surface area contributed by atoms with Crippen LogP contribution >= 0.6 is 0 Å². The first-order chi connectivity index (χ1) is 10.1. The number of hydrogen-bond donors (Lipinski definition) is 2. The summed E-state index contributed by atoms with van der Waals surface area (Å²) in [5, 5.41) is 3.87. The minimum atomic E-state index is -0.0449. The molecule has 5 heteroatoms. The van der Waals surface area contributed by atoms with Crippen LogP contribution in [0.1, 0.15) is 19.8 Å². The summed E-state index contributed by atoms with van der Waals surface area (Å²) < 4.78 is 0. The fourth-order valence-electron chi connectivity index (χ4n) is 2.87. The maximum absolute atomic E-state index is 12.4. The summed E-state index contributed by atoms with van der Waals surface area (Å²) in [6, 6.07) is 7.35. The molecule has 1 aromatic carbocycles. The van der Waals surface area contributed by atoms with E-state index < -0.39 is 0 Å². The molecule has 21 heavy (non-hydrogen) atoms. The number of amides is 2. The number of nitrogens with zero attached hydrogens (tertiary/aromatic N) is 2. The largest absolute Gasteiger partial charge is 0.397 e. The lowest BCUT2D eigenvalue weighted by molar-refractivity contribution is 0.182. The quantitative estimate of drug-likeness (QED) is 0.790. The lowest BCUT2D eigenvalue weighted by atomic mass is 10.0. The molecule has 0 spiro atoms. The molecule has 2 heterocycles. The van der Waals surface area contributed by atoms with E-state index in [0.717, 1.165) is 36.1 Å². The van der Waals surface area contributed by atoms with E-state index in [1.807, 2.05) is 23.1 Å². The van der Waals surface area contributed by atoms with Gasteiger partial charge in [0.1, 0.15) is 0 Å². The molecule has 1 aliphatic rings. The van der Waals surface area contributed by atoms with Crippen LogP contribution in [0.15, 0.2) is 30.5 Å². The van der Waals surface area contributed by atoms with Gasteiger partial charge in [0.2, 0.25) is 0 Å². The Bertz CT molecular complexity index is 670. The van der Waals surface area contributed by atoms with Gasteiger partial charge in [0.25, 0.3) is 0 Å². The summed E-state index contributed by atoms with van der Waals surface area (Å²) in [6.45, 7) is 3.82. The normalized spacial score (nSPS) is 18.7. The third kappa shape index (κ3) is 2.77. The second-order valence-electron chi connectivity index (χ2n) is 5.73. The molecule has 2 amide bonds. The van der Waals surface area contributed by atoms with Crippen molar-refractivity contribution in [3.63, 3.8) is 0 Å². The lowest BCUT2D eigenvalue weighted by Crippen LogP contribution is -2.41. The number of nitrogens with two attached hydrogens (primary N) is 1. The topological polar surface area (TPSA) is 71.2 Å². The number of fused-ring (bicyclic) bond motifs is 1. The molecule has 0 aliphatic carbocycles. The average Bonchev–Trinajstić information content (AvgIpc) is 2.50. The number of anilines is 2. The zero-order chi connectivity index (χ0) is 14.8. The molecule has 110 valence electrons. The molecular weight excluding hydrogens is 264 g/mol. The predicted octanol–water partition coefficient (Wildman–Crippen LogP) is 3.08. The highest BCUT2D eigenvalue weighted by molar-refractivity contribution is 6.04. The number of carbonyl (C=O) groups excluding carboxylic acids is 1. The Hall–Kier alpha value is -2.30. The molecule has 1 atom stereocenters. The Balaban J connectivity index is 1.85. The van der Waals surface area contributed by atoms with Crippen molar-refractivity contribution < 1.29 is 4.79 Å². The highest BCUT2D eigenvalue weighted by Crippen LogP contribution is 2.27. The molecule has 2 aromatic rings. The number of hydrogen-bond acceptors (Lipinski definition) is 3. The zero-order valence-electron chi connectivity index (χ0n) is 12.2. The van der Waals surface area contributed by atoms with Gasteiger partial charge in [0.15, 0.2) is 0 Å². The Morgan fingerprint density at radius 1 is 1.43 bits per heavy atom. The highest BCUT2D eigenvalue weighted by atomic mass is 16.2. The molecule has 5 nitrogen and oxygen atoms in total. The minimum Gasteiger partial charge on any atom is -0.397 e. The number of nitrogens with one attached hydrogen (secondary N) is 1. The molecule has 1 aromatic heterocycles. The lowest BCUT2D eigenvalue weighted by Gasteiger charge is -2.31. The number of urea groups is 1. The average molecular weight is 284 g/mol. The number of pyridine rings is 1. The summed E-state index contributed by atoms with van der Waals surface area (Å²) in [6.07, 6.45) is 3.97. The van der Waals surface area contributed by atoms with Gasteiger partial charge in [-0.05, 0) is 43.0 Å². The Kier molecular flexibility index (Phi) is 3.64. The number of likely N-dealkylation sites (tertiary alicyclic amines) is 1. The van der Waals surface area contributed by atoms with Crippen molar-refractivity contribution in [1.29, 1.82) is 0 Å². The van der Waals surface area contributed by atoms with E-state index in [0.29, 0.717) is 11.6 Å². The van der Waals surface area contributed by atoms with E-state index in [9.17, 15) is 4.79 Å². The van der Waals surface area contributed by atoms with Crippen LogP contribution in [0.25, 0.3) is 10.9 Å². The Morgan fingerprint density at radius 3 is 3.10 bits per heavy atom. The summed E-state index contributed by atoms with van der Waals surface area (Å²) in [4.78, 5) is 18.6. The first-order valence-corrected chi connectivity index (χ1v) is 7.34. The van der Waals surface area contributed by atoms with E-state index in [1.165, 1.54) is 6.42 Å². The standard InChI is InChI=1S/C16H20N4O/c1-11-4-3-9-20(10-11)16(21)19-14-7-6-13(17)15-12(14)5-2-8-18-15/h2,5-8,11H,3-4,9-10,17H2,1H3,(H,19,21). The van der Waals surface area contributed by atoms with Crippen LogP contribution in [-0.4, -0.2) is 29.0 Å². The summed E-state index contributed by atoms with van der Waals surface area (Å²) in [7, 11) is 0. The summed E-state index contributed by atoms with van der Waals surface area (Å²) in [5.41, 5.74) is 8.04. The smallest absolute Gasteiger partial charge is 0.321 e. The van der Waals surface area contributed by atoms with E-state index in [4.69, 9.17) is 5.73 Å². The van der Waals surface area contributed by atoms with E-state index >= 15 is 0 Å². The molecule has 1 fully saturated rings. The van der Waals surface area contributed by atoms with Gasteiger partial charge in [-0.3, -0.25) is 4.98 Å². The fourth-order valence-corrected chi connectivity index (χ4v) is 2.87. The van der Waals surface area contributed by atoms with Crippen LogP contribution < -0.4 is 11.1 Å². The van der Waals surface area contributed by atoms with Gasteiger partial charge in [-0.15, -0.1) is 0 Å². The van der Waals surface area contributed by atoms with Crippen LogP contribution in [0.5, 0.6) is 0 Å². The second-order valence-corrected chi connectivity index (χ2v) is 5.73. The number of aromatic nitrogens is 1. The number of benzene rings is 1. The van der Waals surface area contributed by atoms with Gasteiger partial charge in [-0.1, -0.05) is 6.92 Å². The third-order valence-corrected chi connectivity index (χ3v) is 3.99. The van der Waals surface area contributed by atoms with E-state index in [1.54, 1.807) is 12.3 Å². The number of rotatable bonds is 1. The van der Waals surface area contributed by atoms with Crippen LogP contribution in [0.2, 0.25) is 0 Å². The SMILES string of the molecule is CC1CCCN(C(=O)Nc2ccc(N)c3ncccc23)C1. The van der Waals surface area contributed by atoms with Gasteiger partial charge in [0.05, 0.1) is 16.9 Å². The Labute approximate surface area is 124 Å². The van der Waals surface area contributed by atoms with Crippen molar-refractivity contribution in [1.82, 2.24) is 9.88 Å². The number of carbonyl (C=O) groups is 1. The molecule has 0 saturated carbocycles. The van der Waals surface area contributed by atoms with Crippen molar-refractivity contribution >= 4 is 28.3 Å².